The minimum absolute atomic E-state index is 0.213. The molecule has 0 saturated carbocycles. The van der Waals surface area contributed by atoms with Gasteiger partial charge in [-0.15, -0.1) is 22.7 Å². The molecule has 0 bridgehead atoms. The highest BCUT2D eigenvalue weighted by Crippen LogP contribution is 2.52. The van der Waals surface area contributed by atoms with E-state index in [1.807, 2.05) is 22.7 Å². The molecule has 3 heterocycles. The number of anilines is 3. The summed E-state index contributed by atoms with van der Waals surface area (Å²) in [6.45, 7) is 4.80. The second-order valence-corrected chi connectivity index (χ2v) is 20.3. The molecule has 0 atom stereocenters. The first-order chi connectivity index (χ1) is 32.0. The standard InChI is InChI=1S/C61H40N2S2/c1-61(2)52-32-38(21-26-44(52)45-27-24-42(34-53(45)61)62(40-13-5-3-6-14-40)43-25-28-47-46-17-9-11-19-56(46)65-59(47)35-43)37-22-29-54-50(31-37)51-36-49-39(33-55(51)63(54)41-15-7-4-8-16-41)23-30-58-60(49)48-18-10-12-20-57(48)64-58/h3-36H,1-2H3. The van der Waals surface area contributed by atoms with E-state index in [2.05, 4.69) is 230 Å². The minimum Gasteiger partial charge on any atom is -0.310 e. The molecule has 0 fully saturated rings. The molecule has 14 rings (SSSR count). The summed E-state index contributed by atoms with van der Waals surface area (Å²) in [5, 5.41) is 10.4. The topological polar surface area (TPSA) is 8.17 Å². The molecule has 306 valence electrons. The van der Waals surface area contributed by atoms with Gasteiger partial charge in [0, 0.05) is 79.3 Å². The molecule has 1 aliphatic rings. The van der Waals surface area contributed by atoms with Gasteiger partial charge < -0.3 is 9.47 Å². The Hall–Kier alpha value is -7.50. The van der Waals surface area contributed by atoms with Crippen LogP contribution in [0.1, 0.15) is 25.0 Å². The van der Waals surface area contributed by atoms with E-state index in [0.29, 0.717) is 0 Å². The third-order valence-electron chi connectivity index (χ3n) is 14.1. The molecule has 0 radical (unpaired) electrons. The summed E-state index contributed by atoms with van der Waals surface area (Å²) in [6, 6.07) is 77.1. The van der Waals surface area contributed by atoms with E-state index in [1.54, 1.807) is 0 Å². The molecule has 0 amide bonds. The lowest BCUT2D eigenvalue weighted by Crippen LogP contribution is -2.16. The van der Waals surface area contributed by atoms with Crippen LogP contribution in [0.4, 0.5) is 17.1 Å². The van der Waals surface area contributed by atoms with E-state index in [4.69, 9.17) is 0 Å². The van der Waals surface area contributed by atoms with Crippen LogP contribution < -0.4 is 4.90 Å². The van der Waals surface area contributed by atoms with Gasteiger partial charge >= 0.3 is 0 Å². The first kappa shape index (κ1) is 36.9. The second-order valence-electron chi connectivity index (χ2n) is 18.1. The van der Waals surface area contributed by atoms with Crippen LogP contribution in [0.25, 0.3) is 101 Å². The summed E-state index contributed by atoms with van der Waals surface area (Å²) in [4.78, 5) is 2.42. The maximum absolute atomic E-state index is 2.47. The van der Waals surface area contributed by atoms with Gasteiger partial charge in [0.15, 0.2) is 0 Å². The average Bonchev–Trinajstić information content (AvgIpc) is 4.07. The number of thiophene rings is 2. The van der Waals surface area contributed by atoms with E-state index >= 15 is 0 Å². The van der Waals surface area contributed by atoms with Crippen LogP contribution in [0.3, 0.4) is 0 Å². The van der Waals surface area contributed by atoms with Gasteiger partial charge in [0.1, 0.15) is 0 Å². The zero-order valence-corrected chi connectivity index (χ0v) is 37.5. The van der Waals surface area contributed by atoms with Gasteiger partial charge in [0.25, 0.3) is 0 Å². The Labute approximate surface area is 384 Å². The molecule has 0 aliphatic heterocycles. The Kier molecular flexibility index (Phi) is 7.81. The SMILES string of the molecule is CC1(C)c2cc(-c3ccc4c(c3)c3cc5c(ccc6sc7ccccc7c65)cc3n4-c3ccccc3)ccc2-c2ccc(N(c3ccccc3)c3ccc4c(c3)sc3ccccc34)cc21. The molecule has 3 aromatic heterocycles. The van der Waals surface area contributed by atoms with Crippen LogP contribution in [-0.2, 0) is 5.41 Å². The molecule has 1 aliphatic carbocycles. The fourth-order valence-corrected chi connectivity index (χ4v) is 13.3. The van der Waals surface area contributed by atoms with Crippen molar-refractivity contribution in [2.45, 2.75) is 19.3 Å². The molecule has 65 heavy (non-hydrogen) atoms. The fraction of sp³-hybridized carbons (Fsp3) is 0.0492. The lowest BCUT2D eigenvalue weighted by atomic mass is 9.81. The highest BCUT2D eigenvalue weighted by molar-refractivity contribution is 7.26. The number of hydrogen-bond donors (Lipinski definition) is 0. The van der Waals surface area contributed by atoms with Crippen molar-refractivity contribution in [3.63, 3.8) is 0 Å². The van der Waals surface area contributed by atoms with Gasteiger partial charge in [-0.25, -0.2) is 0 Å². The Balaban J connectivity index is 0.901. The Bertz CT molecular complexity index is 4090. The van der Waals surface area contributed by atoms with Gasteiger partial charge in [-0.05, 0) is 141 Å². The van der Waals surface area contributed by atoms with Crippen molar-refractivity contribution in [2.24, 2.45) is 0 Å². The van der Waals surface area contributed by atoms with Crippen molar-refractivity contribution in [1.82, 2.24) is 4.57 Å². The molecule has 0 spiro atoms. The Morgan fingerprint density at radius 1 is 0.385 bits per heavy atom. The van der Waals surface area contributed by atoms with E-state index in [0.717, 1.165) is 17.1 Å². The molecular formula is C61H40N2S2. The first-order valence-corrected chi connectivity index (χ1v) is 24.0. The number of hydrogen-bond acceptors (Lipinski definition) is 3. The summed E-state index contributed by atoms with van der Waals surface area (Å²) >= 11 is 3.75. The van der Waals surface area contributed by atoms with E-state index in [1.165, 1.54) is 112 Å². The van der Waals surface area contributed by atoms with E-state index in [9.17, 15) is 0 Å². The monoisotopic (exact) mass is 864 g/mol. The van der Waals surface area contributed by atoms with Crippen LogP contribution in [0.5, 0.6) is 0 Å². The Morgan fingerprint density at radius 2 is 1.00 bits per heavy atom. The van der Waals surface area contributed by atoms with Crippen molar-refractivity contribution >= 4 is 113 Å². The van der Waals surface area contributed by atoms with Crippen LogP contribution in [-0.4, -0.2) is 4.57 Å². The summed E-state index contributed by atoms with van der Waals surface area (Å²) in [5.41, 5.74) is 14.7. The summed E-state index contributed by atoms with van der Waals surface area (Å²) in [5.74, 6) is 0. The quantitative estimate of drug-likeness (QED) is 0.167. The predicted octanol–water partition coefficient (Wildman–Crippen LogP) is 18.1. The van der Waals surface area contributed by atoms with Crippen molar-refractivity contribution < 1.29 is 0 Å². The Morgan fingerprint density at radius 3 is 1.83 bits per heavy atom. The zero-order valence-electron chi connectivity index (χ0n) is 35.8. The lowest BCUT2D eigenvalue weighted by Gasteiger charge is -2.28. The largest absolute Gasteiger partial charge is 0.310 e. The van der Waals surface area contributed by atoms with Crippen LogP contribution >= 0.6 is 22.7 Å². The van der Waals surface area contributed by atoms with Crippen LogP contribution in [0.15, 0.2) is 206 Å². The molecule has 0 unspecified atom stereocenters. The first-order valence-electron chi connectivity index (χ1n) is 22.4. The number of benzene rings is 10. The third kappa shape index (κ3) is 5.45. The fourth-order valence-electron chi connectivity index (χ4n) is 11.0. The highest BCUT2D eigenvalue weighted by atomic mass is 32.1. The molecular weight excluding hydrogens is 825 g/mol. The number of rotatable bonds is 5. The maximum atomic E-state index is 2.47. The van der Waals surface area contributed by atoms with Gasteiger partial charge in [0.2, 0.25) is 0 Å². The summed E-state index contributed by atoms with van der Waals surface area (Å²) in [6.07, 6.45) is 0. The molecule has 13 aromatic rings. The predicted molar refractivity (Wildman–Crippen MR) is 282 cm³/mol. The maximum Gasteiger partial charge on any atom is 0.0547 e. The van der Waals surface area contributed by atoms with Crippen molar-refractivity contribution in [2.75, 3.05) is 4.90 Å². The molecule has 2 nitrogen and oxygen atoms in total. The van der Waals surface area contributed by atoms with Gasteiger partial charge in [-0.2, -0.15) is 0 Å². The van der Waals surface area contributed by atoms with E-state index in [-0.39, 0.29) is 5.41 Å². The normalized spacial score (nSPS) is 13.2. The number of fused-ring (bicyclic) bond motifs is 14. The smallest absolute Gasteiger partial charge is 0.0547 e. The number of nitrogens with zero attached hydrogens (tertiary/aromatic N) is 2. The highest BCUT2D eigenvalue weighted by Gasteiger charge is 2.36. The number of aromatic nitrogens is 1. The molecule has 0 N–H and O–H groups in total. The third-order valence-corrected chi connectivity index (χ3v) is 16.4. The van der Waals surface area contributed by atoms with Crippen molar-refractivity contribution in [3.8, 4) is 27.9 Å². The van der Waals surface area contributed by atoms with Crippen LogP contribution in [0.2, 0.25) is 0 Å². The van der Waals surface area contributed by atoms with E-state index < -0.39 is 0 Å². The molecule has 0 saturated heterocycles. The minimum atomic E-state index is -0.213. The summed E-state index contributed by atoms with van der Waals surface area (Å²) < 4.78 is 7.74. The molecule has 10 aromatic carbocycles. The van der Waals surface area contributed by atoms with Gasteiger partial charge in [-0.3, -0.25) is 0 Å². The average molecular weight is 865 g/mol. The van der Waals surface area contributed by atoms with Gasteiger partial charge in [-0.1, -0.05) is 123 Å². The summed E-state index contributed by atoms with van der Waals surface area (Å²) in [7, 11) is 0. The second kappa shape index (κ2) is 13.8. The molecule has 4 heteroatoms. The van der Waals surface area contributed by atoms with Crippen molar-refractivity contribution in [1.29, 1.82) is 0 Å². The van der Waals surface area contributed by atoms with Crippen LogP contribution in [0, 0.1) is 0 Å². The lowest BCUT2D eigenvalue weighted by molar-refractivity contribution is 0.660. The van der Waals surface area contributed by atoms with Crippen molar-refractivity contribution in [3.05, 3.63) is 217 Å². The number of para-hydroxylation sites is 2. The van der Waals surface area contributed by atoms with Gasteiger partial charge in [0.05, 0.1) is 11.0 Å². The zero-order chi connectivity index (χ0) is 43.0.